The summed E-state index contributed by atoms with van der Waals surface area (Å²) < 4.78 is 0. The van der Waals surface area contributed by atoms with Crippen molar-refractivity contribution in [2.45, 2.75) is 91.3 Å². The van der Waals surface area contributed by atoms with Crippen LogP contribution in [0.3, 0.4) is 0 Å². The molecule has 0 heterocycles. The van der Waals surface area contributed by atoms with E-state index < -0.39 is 14.0 Å². The Morgan fingerprint density at radius 1 is 0.969 bits per heavy atom. The standard InChI is InChI=1S/C29H40O2Si/c1-10-21-16-20(11-12-22(21)27(30)31)17-26(32(7,8)9)23-18-25-24(15-19(23)2)28(3,4)13-14-29(25,5)6/h11-12,15-18H,10,13-14H2,1-9H3,(H,30,31). The van der Waals surface area contributed by atoms with Crippen LogP contribution in [0, 0.1) is 6.92 Å². The first kappa shape index (κ1) is 24.5. The molecule has 0 amide bonds. The molecule has 0 saturated carbocycles. The third-order valence-corrected chi connectivity index (χ3v) is 9.38. The lowest BCUT2D eigenvalue weighted by Gasteiger charge is -2.43. The van der Waals surface area contributed by atoms with Crippen molar-refractivity contribution in [3.63, 3.8) is 0 Å². The molecule has 0 aromatic heterocycles. The molecule has 2 nitrogen and oxygen atoms in total. The fraction of sp³-hybridized carbons (Fsp3) is 0.483. The minimum atomic E-state index is -1.69. The molecule has 3 heteroatoms. The minimum absolute atomic E-state index is 0.177. The lowest BCUT2D eigenvalue weighted by molar-refractivity contribution is 0.0695. The molecule has 0 bridgehead atoms. The highest BCUT2D eigenvalue weighted by molar-refractivity contribution is 6.94. The first-order chi connectivity index (χ1) is 14.7. The third-order valence-electron chi connectivity index (χ3n) is 7.35. The van der Waals surface area contributed by atoms with Crippen LogP contribution in [0.5, 0.6) is 0 Å². The van der Waals surface area contributed by atoms with Crippen molar-refractivity contribution in [2.24, 2.45) is 0 Å². The average molecular weight is 449 g/mol. The zero-order valence-corrected chi connectivity index (χ0v) is 22.4. The monoisotopic (exact) mass is 448 g/mol. The summed E-state index contributed by atoms with van der Waals surface area (Å²) in [4.78, 5) is 11.6. The highest BCUT2D eigenvalue weighted by Crippen LogP contribution is 2.47. The first-order valence-corrected chi connectivity index (χ1v) is 15.4. The van der Waals surface area contributed by atoms with Crippen molar-refractivity contribution in [1.29, 1.82) is 0 Å². The first-order valence-electron chi connectivity index (χ1n) is 11.9. The molecule has 32 heavy (non-hydrogen) atoms. The van der Waals surface area contributed by atoms with E-state index in [2.05, 4.69) is 78.5 Å². The second kappa shape index (κ2) is 8.33. The summed E-state index contributed by atoms with van der Waals surface area (Å²) in [5.74, 6) is -0.849. The SMILES string of the molecule is CCc1cc(C=C(c2cc3c(cc2C)C(C)(C)CCC3(C)C)[Si](C)(C)C)ccc1C(=O)O. The maximum Gasteiger partial charge on any atom is 0.335 e. The molecule has 0 spiro atoms. The van der Waals surface area contributed by atoms with Gasteiger partial charge in [-0.3, -0.25) is 0 Å². The van der Waals surface area contributed by atoms with Crippen molar-refractivity contribution in [3.8, 4) is 0 Å². The van der Waals surface area contributed by atoms with E-state index >= 15 is 0 Å². The molecule has 0 radical (unpaired) electrons. The Morgan fingerprint density at radius 2 is 1.53 bits per heavy atom. The zero-order chi connectivity index (χ0) is 24.1. The Hall–Kier alpha value is -2.13. The number of carboxylic acid groups (broad SMARTS) is 1. The number of carboxylic acids is 1. The molecule has 0 atom stereocenters. The Kier molecular flexibility index (Phi) is 6.38. The van der Waals surface area contributed by atoms with Gasteiger partial charge in [-0.15, -0.1) is 0 Å². The van der Waals surface area contributed by atoms with Crippen molar-refractivity contribution >= 4 is 25.3 Å². The summed E-state index contributed by atoms with van der Waals surface area (Å²) in [5.41, 5.74) is 8.50. The molecule has 2 aromatic rings. The van der Waals surface area contributed by atoms with Crippen LogP contribution in [0.2, 0.25) is 19.6 Å². The second-order valence-electron chi connectivity index (χ2n) is 11.9. The van der Waals surface area contributed by atoms with Gasteiger partial charge in [-0.25, -0.2) is 4.79 Å². The maximum atomic E-state index is 11.6. The summed E-state index contributed by atoms with van der Waals surface area (Å²) >= 11 is 0. The summed E-state index contributed by atoms with van der Waals surface area (Å²) in [6.45, 7) is 21.0. The van der Waals surface area contributed by atoms with Gasteiger partial charge in [0.05, 0.1) is 13.6 Å². The van der Waals surface area contributed by atoms with E-state index in [0.29, 0.717) is 12.0 Å². The summed E-state index contributed by atoms with van der Waals surface area (Å²) in [7, 11) is -1.69. The van der Waals surface area contributed by atoms with Crippen molar-refractivity contribution < 1.29 is 9.90 Å². The second-order valence-corrected chi connectivity index (χ2v) is 16.9. The molecule has 1 aliphatic rings. The van der Waals surface area contributed by atoms with Gasteiger partial charge >= 0.3 is 5.97 Å². The summed E-state index contributed by atoms with van der Waals surface area (Å²) in [6, 6.07) is 10.7. The largest absolute Gasteiger partial charge is 0.478 e. The van der Waals surface area contributed by atoms with E-state index in [4.69, 9.17) is 0 Å². The lowest BCUT2D eigenvalue weighted by atomic mass is 9.62. The van der Waals surface area contributed by atoms with Crippen LogP contribution in [0.15, 0.2) is 30.3 Å². The zero-order valence-electron chi connectivity index (χ0n) is 21.4. The van der Waals surface area contributed by atoms with Crippen LogP contribution in [0.25, 0.3) is 11.3 Å². The average Bonchev–Trinajstić information content (AvgIpc) is 2.68. The number of aromatic carboxylic acids is 1. The van der Waals surface area contributed by atoms with Crippen LogP contribution in [-0.4, -0.2) is 19.1 Å². The number of fused-ring (bicyclic) bond motifs is 1. The van der Waals surface area contributed by atoms with Gasteiger partial charge in [-0.2, -0.15) is 0 Å². The highest BCUT2D eigenvalue weighted by Gasteiger charge is 2.38. The molecule has 0 saturated heterocycles. The lowest BCUT2D eigenvalue weighted by Crippen LogP contribution is -2.34. The normalized spacial score (nSPS) is 17.7. The van der Waals surface area contributed by atoms with Gasteiger partial charge < -0.3 is 5.11 Å². The molecule has 172 valence electrons. The quantitative estimate of drug-likeness (QED) is 0.371. The van der Waals surface area contributed by atoms with E-state index in [-0.39, 0.29) is 10.8 Å². The van der Waals surface area contributed by atoms with E-state index in [9.17, 15) is 9.90 Å². The fourth-order valence-corrected chi connectivity index (χ4v) is 6.76. The van der Waals surface area contributed by atoms with Crippen LogP contribution in [0.4, 0.5) is 0 Å². The molecule has 3 rings (SSSR count). The van der Waals surface area contributed by atoms with E-state index in [0.717, 1.165) is 11.1 Å². The van der Waals surface area contributed by atoms with Crippen molar-refractivity contribution in [2.75, 3.05) is 0 Å². The van der Waals surface area contributed by atoms with E-state index in [1.54, 1.807) is 6.07 Å². The van der Waals surface area contributed by atoms with Crippen LogP contribution in [0.1, 0.15) is 91.2 Å². The number of benzene rings is 2. The fourth-order valence-electron chi connectivity index (χ4n) is 5.08. The van der Waals surface area contributed by atoms with Crippen LogP contribution >= 0.6 is 0 Å². The van der Waals surface area contributed by atoms with Crippen LogP contribution in [-0.2, 0) is 17.3 Å². The van der Waals surface area contributed by atoms with E-state index in [1.165, 1.54) is 40.3 Å². The Balaban J connectivity index is 2.24. The maximum absolute atomic E-state index is 11.6. The molecule has 0 aliphatic heterocycles. The third kappa shape index (κ3) is 4.64. The number of carbonyl (C=O) groups is 1. The van der Waals surface area contributed by atoms with Crippen molar-refractivity contribution in [1.82, 2.24) is 0 Å². The molecular weight excluding hydrogens is 408 g/mol. The molecule has 2 aromatic carbocycles. The van der Waals surface area contributed by atoms with Gasteiger partial charge in [-0.1, -0.05) is 89.8 Å². The smallest absolute Gasteiger partial charge is 0.335 e. The Bertz CT molecular complexity index is 1080. The predicted octanol–water partition coefficient (Wildman–Crippen LogP) is 8.02. The minimum Gasteiger partial charge on any atom is -0.478 e. The highest BCUT2D eigenvalue weighted by atomic mass is 28.3. The van der Waals surface area contributed by atoms with E-state index in [1.807, 2.05) is 13.0 Å². The molecule has 0 fully saturated rings. The topological polar surface area (TPSA) is 37.3 Å². The predicted molar refractivity (Wildman–Crippen MR) is 140 cm³/mol. The van der Waals surface area contributed by atoms with Gasteiger partial charge in [0.25, 0.3) is 0 Å². The summed E-state index contributed by atoms with van der Waals surface area (Å²) in [6.07, 6.45) is 5.47. The number of aryl methyl sites for hydroxylation is 2. The Morgan fingerprint density at radius 3 is 2.03 bits per heavy atom. The van der Waals surface area contributed by atoms with Gasteiger partial charge in [0, 0.05) is 0 Å². The Labute approximate surface area is 195 Å². The molecule has 0 unspecified atom stereocenters. The molecular formula is C29H40O2Si. The van der Waals surface area contributed by atoms with Crippen molar-refractivity contribution in [3.05, 3.63) is 69.3 Å². The number of hydrogen-bond acceptors (Lipinski definition) is 1. The van der Waals surface area contributed by atoms with Gasteiger partial charge in [0.2, 0.25) is 0 Å². The number of rotatable bonds is 5. The van der Waals surface area contributed by atoms with Gasteiger partial charge in [0.1, 0.15) is 0 Å². The molecule has 1 N–H and O–H groups in total. The van der Waals surface area contributed by atoms with Crippen LogP contribution < -0.4 is 0 Å². The van der Waals surface area contributed by atoms with Gasteiger partial charge in [-0.05, 0) is 76.5 Å². The van der Waals surface area contributed by atoms with Gasteiger partial charge in [0.15, 0.2) is 0 Å². The number of hydrogen-bond donors (Lipinski definition) is 1. The molecule has 1 aliphatic carbocycles. The summed E-state index contributed by atoms with van der Waals surface area (Å²) in [5, 5.41) is 10.9.